The zero-order chi connectivity index (χ0) is 12.1. The molecule has 0 heterocycles. The number of carbonyl (C=O) groups is 1. The van der Waals surface area contributed by atoms with Crippen LogP contribution in [0.25, 0.3) is 0 Å². The van der Waals surface area contributed by atoms with Crippen LogP contribution >= 0.6 is 0 Å². The van der Waals surface area contributed by atoms with Crippen molar-refractivity contribution in [2.75, 3.05) is 7.11 Å². The molecule has 1 unspecified atom stereocenters. The molecule has 88 valence electrons. The third-order valence-corrected chi connectivity index (χ3v) is 2.81. The van der Waals surface area contributed by atoms with Crippen LogP contribution in [-0.4, -0.2) is 19.0 Å². The molecule has 2 nitrogen and oxygen atoms in total. The summed E-state index contributed by atoms with van der Waals surface area (Å²) in [7, 11) is 1.63. The van der Waals surface area contributed by atoms with Gasteiger partial charge in [-0.3, -0.25) is 4.79 Å². The van der Waals surface area contributed by atoms with Crippen LogP contribution in [0.2, 0.25) is 0 Å². The molecular formula is C14H20O2. The fraction of sp³-hybridized carbons (Fsp3) is 0.500. The summed E-state index contributed by atoms with van der Waals surface area (Å²) >= 11 is 0. The summed E-state index contributed by atoms with van der Waals surface area (Å²) in [6.45, 7) is 6.01. The Balaban J connectivity index is 2.65. The molecule has 0 saturated heterocycles. The van der Waals surface area contributed by atoms with Crippen LogP contribution < -0.4 is 0 Å². The van der Waals surface area contributed by atoms with Crippen molar-refractivity contribution < 1.29 is 9.53 Å². The molecule has 16 heavy (non-hydrogen) atoms. The first-order chi connectivity index (χ1) is 7.52. The van der Waals surface area contributed by atoms with Gasteiger partial charge < -0.3 is 4.74 Å². The number of hydrogen-bond donors (Lipinski definition) is 0. The van der Waals surface area contributed by atoms with Crippen molar-refractivity contribution in [2.24, 2.45) is 0 Å². The molecule has 0 saturated carbocycles. The highest BCUT2D eigenvalue weighted by Gasteiger charge is 2.10. The Kier molecular flexibility index (Phi) is 4.69. The molecule has 0 aliphatic carbocycles. The zero-order valence-electron chi connectivity index (χ0n) is 10.5. The molecular weight excluding hydrogens is 200 g/mol. The molecule has 0 radical (unpaired) electrons. The Morgan fingerprint density at radius 3 is 2.69 bits per heavy atom. The lowest BCUT2D eigenvalue weighted by atomic mass is 9.99. The Morgan fingerprint density at radius 2 is 2.06 bits per heavy atom. The molecule has 1 aromatic carbocycles. The summed E-state index contributed by atoms with van der Waals surface area (Å²) in [5, 5.41) is 0. The maximum absolute atomic E-state index is 11.8. The monoisotopic (exact) mass is 220 g/mol. The topological polar surface area (TPSA) is 26.3 Å². The van der Waals surface area contributed by atoms with Crippen LogP contribution in [0.4, 0.5) is 0 Å². The summed E-state index contributed by atoms with van der Waals surface area (Å²) in [6, 6.07) is 6.23. The summed E-state index contributed by atoms with van der Waals surface area (Å²) in [5.41, 5.74) is 3.52. The van der Waals surface area contributed by atoms with Gasteiger partial charge in [0.1, 0.15) is 5.78 Å². The molecule has 0 N–H and O–H groups in total. The van der Waals surface area contributed by atoms with E-state index in [1.807, 2.05) is 20.8 Å². The number of ether oxygens (including phenoxy) is 1. The molecule has 0 aliphatic heterocycles. The van der Waals surface area contributed by atoms with Crippen LogP contribution in [0.15, 0.2) is 18.2 Å². The minimum atomic E-state index is 0.0117. The van der Waals surface area contributed by atoms with Crippen molar-refractivity contribution in [2.45, 2.75) is 39.7 Å². The van der Waals surface area contributed by atoms with E-state index in [0.717, 1.165) is 5.56 Å². The largest absolute Gasteiger partial charge is 0.381 e. The van der Waals surface area contributed by atoms with Crippen LogP contribution in [0.3, 0.4) is 0 Å². The van der Waals surface area contributed by atoms with E-state index in [1.165, 1.54) is 11.1 Å². The fourth-order valence-corrected chi connectivity index (χ4v) is 1.68. The van der Waals surface area contributed by atoms with Gasteiger partial charge in [0.05, 0.1) is 6.10 Å². The number of benzene rings is 1. The van der Waals surface area contributed by atoms with Crippen molar-refractivity contribution in [1.82, 2.24) is 0 Å². The SMILES string of the molecule is COC(C)CC(=O)Cc1cc(C)ccc1C. The van der Waals surface area contributed by atoms with E-state index >= 15 is 0 Å². The first kappa shape index (κ1) is 12.9. The van der Waals surface area contributed by atoms with Crippen LogP contribution in [0.5, 0.6) is 0 Å². The smallest absolute Gasteiger partial charge is 0.139 e. The van der Waals surface area contributed by atoms with E-state index in [1.54, 1.807) is 7.11 Å². The highest BCUT2D eigenvalue weighted by atomic mass is 16.5. The van der Waals surface area contributed by atoms with Crippen molar-refractivity contribution in [3.8, 4) is 0 Å². The van der Waals surface area contributed by atoms with E-state index in [9.17, 15) is 4.79 Å². The lowest BCUT2D eigenvalue weighted by Gasteiger charge is -2.10. The molecule has 1 rings (SSSR count). The van der Waals surface area contributed by atoms with Crippen molar-refractivity contribution in [1.29, 1.82) is 0 Å². The minimum Gasteiger partial charge on any atom is -0.381 e. The summed E-state index contributed by atoms with van der Waals surface area (Å²) in [4.78, 5) is 11.8. The van der Waals surface area contributed by atoms with Gasteiger partial charge in [-0.15, -0.1) is 0 Å². The average Bonchev–Trinajstić information content (AvgIpc) is 2.23. The second-order valence-corrected chi connectivity index (χ2v) is 4.40. The first-order valence-electron chi connectivity index (χ1n) is 5.63. The van der Waals surface area contributed by atoms with E-state index < -0.39 is 0 Å². The first-order valence-corrected chi connectivity index (χ1v) is 5.63. The quantitative estimate of drug-likeness (QED) is 0.762. The molecule has 1 aromatic rings. The van der Waals surface area contributed by atoms with Gasteiger partial charge in [0, 0.05) is 20.0 Å². The number of ketones is 1. The van der Waals surface area contributed by atoms with Gasteiger partial charge in [-0.1, -0.05) is 23.8 Å². The number of aryl methyl sites for hydroxylation is 2. The lowest BCUT2D eigenvalue weighted by Crippen LogP contribution is -2.14. The highest BCUT2D eigenvalue weighted by Crippen LogP contribution is 2.13. The third-order valence-electron chi connectivity index (χ3n) is 2.81. The van der Waals surface area contributed by atoms with Crippen molar-refractivity contribution in [3.05, 3.63) is 34.9 Å². The molecule has 0 spiro atoms. The minimum absolute atomic E-state index is 0.0117. The van der Waals surface area contributed by atoms with Gasteiger partial charge in [0.2, 0.25) is 0 Å². The second-order valence-electron chi connectivity index (χ2n) is 4.40. The van der Waals surface area contributed by atoms with E-state index in [4.69, 9.17) is 4.74 Å². The van der Waals surface area contributed by atoms with Gasteiger partial charge >= 0.3 is 0 Å². The fourth-order valence-electron chi connectivity index (χ4n) is 1.68. The molecule has 0 aliphatic rings. The van der Waals surface area contributed by atoms with Crippen LogP contribution in [-0.2, 0) is 16.0 Å². The van der Waals surface area contributed by atoms with Gasteiger partial charge in [0.15, 0.2) is 0 Å². The summed E-state index contributed by atoms with van der Waals surface area (Å²) < 4.78 is 5.09. The Bertz CT molecular complexity index is 369. The molecule has 0 amide bonds. The van der Waals surface area contributed by atoms with E-state index in [2.05, 4.69) is 18.2 Å². The Labute approximate surface area is 97.6 Å². The number of methoxy groups -OCH3 is 1. The lowest BCUT2D eigenvalue weighted by molar-refractivity contribution is -0.120. The van der Waals surface area contributed by atoms with E-state index in [-0.39, 0.29) is 11.9 Å². The van der Waals surface area contributed by atoms with Gasteiger partial charge in [-0.25, -0.2) is 0 Å². The predicted octanol–water partition coefficient (Wildman–Crippen LogP) is 2.84. The summed E-state index contributed by atoms with van der Waals surface area (Å²) in [6.07, 6.45) is 1.02. The number of Topliss-reactive ketones (excluding diaryl/α,β-unsaturated/α-hetero) is 1. The zero-order valence-corrected chi connectivity index (χ0v) is 10.5. The standard InChI is InChI=1S/C14H20O2/c1-10-5-6-11(2)13(7-10)9-14(15)8-12(3)16-4/h5-7,12H,8-9H2,1-4H3. The van der Waals surface area contributed by atoms with Gasteiger partial charge in [-0.05, 0) is 31.9 Å². The van der Waals surface area contributed by atoms with Gasteiger partial charge in [-0.2, -0.15) is 0 Å². The molecule has 0 bridgehead atoms. The number of rotatable bonds is 5. The summed E-state index contributed by atoms with van der Waals surface area (Å²) in [5.74, 6) is 0.239. The van der Waals surface area contributed by atoms with E-state index in [0.29, 0.717) is 12.8 Å². The molecule has 0 aromatic heterocycles. The number of carbonyl (C=O) groups excluding carboxylic acids is 1. The molecule has 0 fully saturated rings. The Hall–Kier alpha value is -1.15. The predicted molar refractivity (Wildman–Crippen MR) is 65.7 cm³/mol. The third kappa shape index (κ3) is 3.78. The maximum Gasteiger partial charge on any atom is 0.139 e. The van der Waals surface area contributed by atoms with Crippen molar-refractivity contribution >= 4 is 5.78 Å². The average molecular weight is 220 g/mol. The molecule has 1 atom stereocenters. The van der Waals surface area contributed by atoms with Crippen molar-refractivity contribution in [3.63, 3.8) is 0 Å². The number of hydrogen-bond acceptors (Lipinski definition) is 2. The highest BCUT2D eigenvalue weighted by molar-refractivity contribution is 5.81. The molecule has 2 heteroatoms. The second kappa shape index (κ2) is 5.80. The van der Waals surface area contributed by atoms with Crippen LogP contribution in [0.1, 0.15) is 30.0 Å². The Morgan fingerprint density at radius 1 is 1.38 bits per heavy atom. The maximum atomic E-state index is 11.8. The van der Waals surface area contributed by atoms with Gasteiger partial charge in [0.25, 0.3) is 0 Å². The normalized spacial score (nSPS) is 12.5. The van der Waals surface area contributed by atoms with Crippen LogP contribution in [0, 0.1) is 13.8 Å².